The van der Waals surface area contributed by atoms with Crippen LogP contribution in [0.2, 0.25) is 0 Å². The summed E-state index contributed by atoms with van der Waals surface area (Å²) >= 11 is 2.14. The SMILES string of the molecule is CCO[B][B][B]I. The maximum absolute atomic E-state index is 4.86. The van der Waals surface area contributed by atoms with Crippen LogP contribution in [-0.4, -0.2) is 26.1 Å². The molecule has 0 rings (SSSR count). The van der Waals surface area contributed by atoms with Crippen LogP contribution in [0.15, 0.2) is 0 Å². The third-order valence-corrected chi connectivity index (χ3v) is 0.829. The fourth-order valence-corrected chi connectivity index (χ4v) is 0.351. The zero-order valence-corrected chi connectivity index (χ0v) is 6.38. The first-order valence-corrected chi connectivity index (χ1v) is 3.36. The lowest BCUT2D eigenvalue weighted by Gasteiger charge is -1.90. The molecule has 35 valence electrons. The average Bonchev–Trinajstić information content (AvgIpc) is 1.69. The summed E-state index contributed by atoms with van der Waals surface area (Å²) in [6, 6.07) is 0. The molecule has 0 atom stereocenters. The molecule has 0 amide bonds. The number of halogens is 1. The van der Waals surface area contributed by atoms with E-state index in [4.69, 9.17) is 4.65 Å². The van der Waals surface area contributed by atoms with E-state index in [0.29, 0.717) is 0 Å². The Bertz CT molecular complexity index is 32.1. The van der Waals surface area contributed by atoms with Gasteiger partial charge in [-0.1, -0.05) is 0 Å². The molecule has 7 heavy (non-hydrogen) atoms. The zero-order chi connectivity index (χ0) is 5.54. The Morgan fingerprint density at radius 1 is 1.71 bits per heavy atom. The van der Waals surface area contributed by atoms with Crippen LogP contribution in [0.25, 0.3) is 0 Å². The van der Waals surface area contributed by atoms with Gasteiger partial charge in [0, 0.05) is 6.61 Å². The lowest BCUT2D eigenvalue weighted by molar-refractivity contribution is 0.370. The van der Waals surface area contributed by atoms with Crippen LogP contribution in [0.1, 0.15) is 6.92 Å². The maximum atomic E-state index is 4.86. The molecule has 0 unspecified atom stereocenters. The minimum Gasteiger partial charge on any atom is -0.452 e. The third kappa shape index (κ3) is 6.88. The van der Waals surface area contributed by atoms with Crippen LogP contribution in [0.5, 0.6) is 0 Å². The molecule has 0 saturated heterocycles. The van der Waals surface area contributed by atoms with E-state index in [-0.39, 0.29) is 0 Å². The molecule has 0 aliphatic heterocycles. The number of hydrogen-bond donors (Lipinski definition) is 0. The lowest BCUT2D eigenvalue weighted by atomic mass is 9.35. The first-order chi connectivity index (χ1) is 3.41. The van der Waals surface area contributed by atoms with Gasteiger partial charge in [0.2, 0.25) is 7.37 Å². The van der Waals surface area contributed by atoms with Crippen molar-refractivity contribution in [3.05, 3.63) is 0 Å². The number of hydrogen-bond acceptors (Lipinski definition) is 1. The molecule has 0 aliphatic carbocycles. The van der Waals surface area contributed by atoms with E-state index >= 15 is 0 Å². The van der Waals surface area contributed by atoms with E-state index in [1.54, 1.807) is 7.37 Å². The van der Waals surface area contributed by atoms with Crippen molar-refractivity contribution in [1.29, 1.82) is 0 Å². The predicted octanol–water partition coefficient (Wildman–Crippen LogP) is 0.231. The van der Waals surface area contributed by atoms with Crippen LogP contribution < -0.4 is 0 Å². The van der Waals surface area contributed by atoms with Crippen molar-refractivity contribution in [2.24, 2.45) is 0 Å². The summed E-state index contributed by atoms with van der Waals surface area (Å²) in [6.07, 6.45) is 0. The van der Waals surface area contributed by atoms with E-state index in [9.17, 15) is 0 Å². The van der Waals surface area contributed by atoms with E-state index in [0.717, 1.165) is 6.61 Å². The molecule has 0 spiro atoms. The van der Waals surface area contributed by atoms with E-state index in [2.05, 4.69) is 22.4 Å². The van der Waals surface area contributed by atoms with Gasteiger partial charge >= 0.3 is 0 Å². The van der Waals surface area contributed by atoms with Crippen molar-refractivity contribution in [3.63, 3.8) is 0 Å². The van der Waals surface area contributed by atoms with Gasteiger partial charge in [-0.3, -0.25) is 0 Å². The Balaban J connectivity index is 2.45. The fraction of sp³-hybridized carbons (Fsp3) is 1.00. The van der Waals surface area contributed by atoms with Crippen molar-refractivity contribution in [3.8, 4) is 0 Å². The highest BCUT2D eigenvalue weighted by molar-refractivity contribution is 14.1. The summed E-state index contributed by atoms with van der Waals surface area (Å²) in [7, 11) is 3.52. The van der Waals surface area contributed by atoms with Gasteiger partial charge in [-0.15, -0.1) is 0 Å². The van der Waals surface area contributed by atoms with Crippen LogP contribution in [0.3, 0.4) is 0 Å². The van der Waals surface area contributed by atoms with E-state index in [1.165, 1.54) is 0 Å². The first kappa shape index (κ1) is 7.88. The first-order valence-electron chi connectivity index (χ1n) is 2.12. The normalized spacial score (nSPS) is 7.71. The van der Waals surface area contributed by atoms with Gasteiger partial charge in [-0.2, -0.15) is 22.4 Å². The smallest absolute Gasteiger partial charge is 0.232 e. The van der Waals surface area contributed by atoms with Crippen LogP contribution in [0, 0.1) is 0 Å². The minimum atomic E-state index is 0.751. The van der Waals surface area contributed by atoms with Gasteiger partial charge in [-0.25, -0.2) is 0 Å². The molecule has 0 aromatic carbocycles. The highest BCUT2D eigenvalue weighted by Gasteiger charge is 1.88. The molecule has 3 radical (unpaired) electrons. The molecule has 0 fully saturated rings. The minimum absolute atomic E-state index is 0.751. The Morgan fingerprint density at radius 2 is 2.43 bits per heavy atom. The van der Waals surface area contributed by atoms with Crippen LogP contribution >= 0.6 is 22.4 Å². The molecule has 0 N–H and O–H groups in total. The average molecular weight is 204 g/mol. The third-order valence-electron chi connectivity index (χ3n) is 0.414. The molecule has 1 nitrogen and oxygen atoms in total. The molecule has 0 saturated carbocycles. The Morgan fingerprint density at radius 3 is 2.86 bits per heavy atom. The summed E-state index contributed by atoms with van der Waals surface area (Å²) < 4.78 is 4.86. The summed E-state index contributed by atoms with van der Waals surface area (Å²) in [5, 5.41) is 1.90. The molecule has 0 bridgehead atoms. The van der Waals surface area contributed by atoms with E-state index < -0.39 is 0 Å². The maximum Gasteiger partial charge on any atom is 0.232 e. The molecule has 0 aliphatic rings. The van der Waals surface area contributed by atoms with Gasteiger partial charge in [0.15, 0.2) is 0 Å². The standard InChI is InChI=1S/C2H5B3IO/c1-2-7-5-3-4-6/h2H2,1H3. The molecular formula is C2H5B3IO. The highest BCUT2D eigenvalue weighted by Crippen LogP contribution is 1.71. The summed E-state index contributed by atoms with van der Waals surface area (Å²) in [4.78, 5) is 0. The van der Waals surface area contributed by atoms with E-state index in [1.807, 2.05) is 19.0 Å². The summed E-state index contributed by atoms with van der Waals surface area (Å²) in [5.41, 5.74) is 0. The van der Waals surface area contributed by atoms with Crippen molar-refractivity contribution >= 4 is 41.8 Å². The van der Waals surface area contributed by atoms with Gasteiger partial charge in [0.05, 0.1) is 7.06 Å². The zero-order valence-electron chi connectivity index (χ0n) is 4.23. The molecule has 0 aromatic rings. The Hall–Kier alpha value is 0.885. The van der Waals surface area contributed by atoms with Crippen molar-refractivity contribution in [2.75, 3.05) is 6.61 Å². The number of rotatable bonds is 4. The van der Waals surface area contributed by atoms with Gasteiger partial charge in [0.25, 0.3) is 0 Å². The second kappa shape index (κ2) is 6.88. The van der Waals surface area contributed by atoms with Gasteiger partial charge in [0.1, 0.15) is 5.03 Å². The summed E-state index contributed by atoms with van der Waals surface area (Å²) in [6.45, 7) is 2.71. The molecule has 5 heteroatoms. The monoisotopic (exact) mass is 205 g/mol. The topological polar surface area (TPSA) is 9.23 Å². The highest BCUT2D eigenvalue weighted by atomic mass is 127. The van der Waals surface area contributed by atoms with Crippen molar-refractivity contribution in [2.45, 2.75) is 6.92 Å². The second-order valence-corrected chi connectivity index (χ2v) is 1.63. The molecule has 0 aromatic heterocycles. The lowest BCUT2D eigenvalue weighted by Crippen LogP contribution is -2.11. The van der Waals surface area contributed by atoms with Crippen LogP contribution in [0.4, 0.5) is 0 Å². The van der Waals surface area contributed by atoms with Gasteiger partial charge in [-0.05, 0) is 6.92 Å². The Labute approximate surface area is 60.2 Å². The van der Waals surface area contributed by atoms with Crippen molar-refractivity contribution < 1.29 is 4.65 Å². The molecular weight excluding hydrogens is 199 g/mol. The van der Waals surface area contributed by atoms with Crippen molar-refractivity contribution in [1.82, 2.24) is 0 Å². The fourth-order valence-electron chi connectivity index (χ4n) is 0.181. The molecule has 0 heterocycles. The summed E-state index contributed by atoms with van der Waals surface area (Å²) in [5.74, 6) is 0. The van der Waals surface area contributed by atoms with Crippen LogP contribution in [-0.2, 0) is 4.65 Å². The Kier molecular flexibility index (Phi) is 7.76. The predicted molar refractivity (Wildman–Crippen MR) is 42.9 cm³/mol. The quantitative estimate of drug-likeness (QED) is 0.362. The van der Waals surface area contributed by atoms with Gasteiger partial charge < -0.3 is 4.65 Å². The largest absolute Gasteiger partial charge is 0.452 e. The second-order valence-electron chi connectivity index (χ2n) is 0.910.